The van der Waals surface area contributed by atoms with Crippen molar-refractivity contribution in [2.24, 2.45) is 0 Å². The van der Waals surface area contributed by atoms with Crippen molar-refractivity contribution in [3.05, 3.63) is 34.9 Å². The van der Waals surface area contributed by atoms with E-state index in [9.17, 15) is 0 Å². The van der Waals surface area contributed by atoms with Crippen LogP contribution in [0.2, 0.25) is 5.02 Å². The number of halogens is 1. The minimum atomic E-state index is 0.661. The lowest BCUT2D eigenvalue weighted by molar-refractivity contribution is 0.123. The summed E-state index contributed by atoms with van der Waals surface area (Å²) in [5.74, 6) is 0. The first kappa shape index (κ1) is 15.5. The molecule has 0 saturated heterocycles. The van der Waals surface area contributed by atoms with E-state index in [4.69, 9.17) is 16.3 Å². The van der Waals surface area contributed by atoms with Crippen LogP contribution in [-0.4, -0.2) is 19.7 Å². The average molecular weight is 270 g/mol. The fourth-order valence-electron chi connectivity index (χ4n) is 1.72. The maximum atomic E-state index is 5.82. The Morgan fingerprint density at radius 3 is 2.56 bits per heavy atom. The standard InChI is InChI=1S/C15H24ClNO/c1-2-3-4-5-10-17-11-12-18-13-14-6-8-15(16)9-7-14/h6-9,17H,2-5,10-13H2,1H3. The normalized spacial score (nSPS) is 10.8. The molecule has 0 bridgehead atoms. The van der Waals surface area contributed by atoms with Crippen LogP contribution in [-0.2, 0) is 11.3 Å². The van der Waals surface area contributed by atoms with E-state index in [0.717, 1.165) is 24.7 Å². The first-order chi connectivity index (χ1) is 8.83. The predicted octanol–water partition coefficient (Wildman–Crippen LogP) is 4.03. The zero-order valence-corrected chi connectivity index (χ0v) is 12.0. The Morgan fingerprint density at radius 1 is 1.06 bits per heavy atom. The topological polar surface area (TPSA) is 21.3 Å². The third-order valence-corrected chi connectivity index (χ3v) is 3.06. The van der Waals surface area contributed by atoms with E-state index in [1.54, 1.807) is 0 Å². The van der Waals surface area contributed by atoms with Crippen molar-refractivity contribution in [2.75, 3.05) is 19.7 Å². The molecule has 1 rings (SSSR count). The van der Waals surface area contributed by atoms with Crippen molar-refractivity contribution < 1.29 is 4.74 Å². The molecule has 0 unspecified atom stereocenters. The molecule has 3 heteroatoms. The van der Waals surface area contributed by atoms with Crippen LogP contribution >= 0.6 is 11.6 Å². The highest BCUT2D eigenvalue weighted by molar-refractivity contribution is 6.30. The third kappa shape index (κ3) is 7.70. The molecule has 0 atom stereocenters. The van der Waals surface area contributed by atoms with Crippen LogP contribution in [0.3, 0.4) is 0 Å². The SMILES string of the molecule is CCCCCCNCCOCc1ccc(Cl)cc1. The molecule has 102 valence electrons. The predicted molar refractivity (Wildman–Crippen MR) is 78.1 cm³/mol. The van der Waals surface area contributed by atoms with Crippen molar-refractivity contribution in [3.8, 4) is 0 Å². The monoisotopic (exact) mass is 269 g/mol. The molecule has 0 aliphatic heterocycles. The Bertz CT molecular complexity index is 300. The van der Waals surface area contributed by atoms with E-state index < -0.39 is 0 Å². The summed E-state index contributed by atoms with van der Waals surface area (Å²) in [5, 5.41) is 4.16. The summed E-state index contributed by atoms with van der Waals surface area (Å²) in [6.07, 6.45) is 5.24. The van der Waals surface area contributed by atoms with E-state index in [-0.39, 0.29) is 0 Å². The Labute approximate surface area is 116 Å². The zero-order chi connectivity index (χ0) is 13.1. The molecule has 0 radical (unpaired) electrons. The lowest BCUT2D eigenvalue weighted by Gasteiger charge is -2.06. The summed E-state index contributed by atoms with van der Waals surface area (Å²) < 4.78 is 5.58. The highest BCUT2D eigenvalue weighted by Gasteiger charge is 1.94. The van der Waals surface area contributed by atoms with Gasteiger partial charge in [0.15, 0.2) is 0 Å². The molecule has 1 N–H and O–H groups in total. The van der Waals surface area contributed by atoms with Crippen molar-refractivity contribution in [1.82, 2.24) is 5.32 Å². The van der Waals surface area contributed by atoms with E-state index in [1.807, 2.05) is 24.3 Å². The van der Waals surface area contributed by atoms with Crippen LogP contribution in [0.25, 0.3) is 0 Å². The van der Waals surface area contributed by atoms with Gasteiger partial charge < -0.3 is 10.1 Å². The molecule has 0 fully saturated rings. The molecule has 1 aromatic carbocycles. The summed E-state index contributed by atoms with van der Waals surface area (Å²) in [6, 6.07) is 7.79. The van der Waals surface area contributed by atoms with Crippen molar-refractivity contribution in [1.29, 1.82) is 0 Å². The van der Waals surface area contributed by atoms with E-state index >= 15 is 0 Å². The molecule has 0 spiro atoms. The van der Waals surface area contributed by atoms with E-state index in [2.05, 4.69) is 12.2 Å². The van der Waals surface area contributed by atoms with Crippen LogP contribution in [0.5, 0.6) is 0 Å². The minimum Gasteiger partial charge on any atom is -0.375 e. The fraction of sp³-hybridized carbons (Fsp3) is 0.600. The molecule has 0 aromatic heterocycles. The van der Waals surface area contributed by atoms with Gasteiger partial charge in [-0.2, -0.15) is 0 Å². The number of rotatable bonds is 10. The number of ether oxygens (including phenoxy) is 1. The molecule has 0 heterocycles. The van der Waals surface area contributed by atoms with Gasteiger partial charge in [0.25, 0.3) is 0 Å². The third-order valence-electron chi connectivity index (χ3n) is 2.81. The quantitative estimate of drug-likeness (QED) is 0.648. The molecule has 1 aromatic rings. The van der Waals surface area contributed by atoms with Gasteiger partial charge in [-0.15, -0.1) is 0 Å². The van der Waals surface area contributed by atoms with Gasteiger partial charge in [0.1, 0.15) is 0 Å². The van der Waals surface area contributed by atoms with Crippen LogP contribution in [0.1, 0.15) is 38.2 Å². The molecular formula is C15H24ClNO. The number of unbranched alkanes of at least 4 members (excludes halogenated alkanes) is 3. The van der Waals surface area contributed by atoms with E-state index in [0.29, 0.717) is 6.61 Å². The number of hydrogen-bond donors (Lipinski definition) is 1. The van der Waals surface area contributed by atoms with Gasteiger partial charge in [0, 0.05) is 11.6 Å². The van der Waals surface area contributed by atoms with Gasteiger partial charge in [-0.25, -0.2) is 0 Å². The summed E-state index contributed by atoms with van der Waals surface area (Å²) in [4.78, 5) is 0. The smallest absolute Gasteiger partial charge is 0.0717 e. The van der Waals surface area contributed by atoms with Crippen LogP contribution in [0.15, 0.2) is 24.3 Å². The fourth-order valence-corrected chi connectivity index (χ4v) is 1.84. The summed E-state index contributed by atoms with van der Waals surface area (Å²) >= 11 is 5.82. The minimum absolute atomic E-state index is 0.661. The Morgan fingerprint density at radius 2 is 1.83 bits per heavy atom. The number of hydrogen-bond acceptors (Lipinski definition) is 2. The van der Waals surface area contributed by atoms with Crippen molar-refractivity contribution >= 4 is 11.6 Å². The first-order valence-corrected chi connectivity index (χ1v) is 7.23. The van der Waals surface area contributed by atoms with Gasteiger partial charge in [-0.1, -0.05) is 49.9 Å². The number of benzene rings is 1. The lowest BCUT2D eigenvalue weighted by Crippen LogP contribution is -2.20. The van der Waals surface area contributed by atoms with Crippen molar-refractivity contribution in [2.45, 2.75) is 39.2 Å². The lowest BCUT2D eigenvalue weighted by atomic mass is 10.2. The largest absolute Gasteiger partial charge is 0.375 e. The highest BCUT2D eigenvalue weighted by atomic mass is 35.5. The summed E-state index contributed by atoms with van der Waals surface area (Å²) in [7, 11) is 0. The van der Waals surface area contributed by atoms with Crippen molar-refractivity contribution in [3.63, 3.8) is 0 Å². The maximum absolute atomic E-state index is 5.82. The van der Waals surface area contributed by atoms with E-state index in [1.165, 1.54) is 31.2 Å². The second-order valence-electron chi connectivity index (χ2n) is 4.49. The Balaban J connectivity index is 1.91. The molecule has 0 aliphatic rings. The van der Waals surface area contributed by atoms with Gasteiger partial charge in [0.2, 0.25) is 0 Å². The number of nitrogens with one attached hydrogen (secondary N) is 1. The van der Waals surface area contributed by atoms with Gasteiger partial charge >= 0.3 is 0 Å². The Kier molecular flexibility index (Phi) is 8.92. The Hall–Kier alpha value is -0.570. The summed E-state index contributed by atoms with van der Waals surface area (Å²) in [6.45, 7) is 5.69. The first-order valence-electron chi connectivity index (χ1n) is 6.86. The van der Waals surface area contributed by atoms with Gasteiger partial charge in [-0.3, -0.25) is 0 Å². The second-order valence-corrected chi connectivity index (χ2v) is 4.93. The van der Waals surface area contributed by atoms with Crippen LogP contribution < -0.4 is 5.32 Å². The van der Waals surface area contributed by atoms with Gasteiger partial charge in [0.05, 0.1) is 13.2 Å². The molecule has 18 heavy (non-hydrogen) atoms. The van der Waals surface area contributed by atoms with Crippen LogP contribution in [0.4, 0.5) is 0 Å². The average Bonchev–Trinajstić information content (AvgIpc) is 2.39. The highest BCUT2D eigenvalue weighted by Crippen LogP contribution is 2.09. The maximum Gasteiger partial charge on any atom is 0.0717 e. The summed E-state index contributed by atoms with van der Waals surface area (Å²) in [5.41, 5.74) is 1.17. The molecule has 0 amide bonds. The molecule has 0 saturated carbocycles. The second kappa shape index (κ2) is 10.4. The molecular weight excluding hydrogens is 246 g/mol. The zero-order valence-electron chi connectivity index (χ0n) is 11.3. The van der Waals surface area contributed by atoms with Gasteiger partial charge in [-0.05, 0) is 30.7 Å². The molecule has 2 nitrogen and oxygen atoms in total. The van der Waals surface area contributed by atoms with Crippen LogP contribution in [0, 0.1) is 0 Å². The molecule has 0 aliphatic carbocycles.